The van der Waals surface area contributed by atoms with Crippen molar-refractivity contribution in [3.8, 4) is 11.1 Å². The Labute approximate surface area is 114 Å². The van der Waals surface area contributed by atoms with Gasteiger partial charge in [-0.3, -0.25) is 0 Å². The molecular formula is C17H21NO. The average Bonchev–Trinajstić information content (AvgIpc) is 2.39. The molecule has 0 fully saturated rings. The van der Waals surface area contributed by atoms with E-state index in [9.17, 15) is 5.11 Å². The van der Waals surface area contributed by atoms with Gasteiger partial charge in [-0.1, -0.05) is 50.2 Å². The second-order valence-electron chi connectivity index (χ2n) is 5.36. The van der Waals surface area contributed by atoms with Crippen LogP contribution in [0.2, 0.25) is 0 Å². The highest BCUT2D eigenvalue weighted by atomic mass is 16.3. The first-order chi connectivity index (χ1) is 9.08. The molecule has 100 valence electrons. The van der Waals surface area contributed by atoms with Gasteiger partial charge in [0.05, 0.1) is 6.10 Å². The maximum Gasteiger partial charge on any atom is 0.0812 e. The normalized spacial score (nSPS) is 12.6. The summed E-state index contributed by atoms with van der Waals surface area (Å²) in [4.78, 5) is 0. The van der Waals surface area contributed by atoms with E-state index < -0.39 is 6.10 Å². The summed E-state index contributed by atoms with van der Waals surface area (Å²) >= 11 is 0. The van der Waals surface area contributed by atoms with Gasteiger partial charge in [0.1, 0.15) is 0 Å². The van der Waals surface area contributed by atoms with E-state index in [-0.39, 0.29) is 0 Å². The van der Waals surface area contributed by atoms with Crippen molar-refractivity contribution in [2.45, 2.75) is 26.4 Å². The second kappa shape index (κ2) is 5.89. The van der Waals surface area contributed by atoms with Crippen LogP contribution in [-0.2, 0) is 0 Å². The Balaban J connectivity index is 2.35. The molecule has 2 nitrogen and oxygen atoms in total. The van der Waals surface area contributed by atoms with Gasteiger partial charge in [-0.05, 0) is 35.6 Å². The second-order valence-corrected chi connectivity index (χ2v) is 5.36. The zero-order valence-electron chi connectivity index (χ0n) is 11.5. The van der Waals surface area contributed by atoms with E-state index in [0.717, 1.165) is 23.1 Å². The maximum absolute atomic E-state index is 10.3. The van der Waals surface area contributed by atoms with E-state index in [4.69, 9.17) is 5.73 Å². The van der Waals surface area contributed by atoms with Gasteiger partial charge in [0.15, 0.2) is 0 Å². The van der Waals surface area contributed by atoms with Gasteiger partial charge in [-0.15, -0.1) is 0 Å². The Kier molecular flexibility index (Phi) is 4.23. The number of nitrogen functional groups attached to an aromatic ring is 1. The number of rotatable bonds is 4. The Hall–Kier alpha value is -1.80. The lowest BCUT2D eigenvalue weighted by Crippen LogP contribution is -2.05. The predicted molar refractivity (Wildman–Crippen MR) is 80.7 cm³/mol. The van der Waals surface area contributed by atoms with Crippen molar-refractivity contribution >= 4 is 5.69 Å². The van der Waals surface area contributed by atoms with Gasteiger partial charge in [-0.25, -0.2) is 0 Å². The molecule has 3 N–H and O–H groups in total. The van der Waals surface area contributed by atoms with Crippen LogP contribution in [0.15, 0.2) is 48.5 Å². The van der Waals surface area contributed by atoms with Gasteiger partial charge in [0.2, 0.25) is 0 Å². The van der Waals surface area contributed by atoms with Crippen LogP contribution in [0, 0.1) is 5.92 Å². The summed E-state index contributed by atoms with van der Waals surface area (Å²) in [6.45, 7) is 4.20. The lowest BCUT2D eigenvalue weighted by molar-refractivity contribution is 0.152. The third-order valence-corrected chi connectivity index (χ3v) is 3.25. The molecule has 0 radical (unpaired) electrons. The zero-order valence-corrected chi connectivity index (χ0v) is 11.5. The molecule has 0 saturated heterocycles. The van der Waals surface area contributed by atoms with Crippen molar-refractivity contribution in [3.63, 3.8) is 0 Å². The Morgan fingerprint density at radius 1 is 1.00 bits per heavy atom. The fourth-order valence-corrected chi connectivity index (χ4v) is 2.25. The zero-order chi connectivity index (χ0) is 13.8. The maximum atomic E-state index is 10.3. The SMILES string of the molecule is CC(C)CC(O)c1cc(-c2ccccc2)ccc1N. The molecule has 0 spiro atoms. The number of aliphatic hydroxyl groups is 1. The number of hydrogen-bond acceptors (Lipinski definition) is 2. The first kappa shape index (κ1) is 13.6. The number of hydrogen-bond donors (Lipinski definition) is 2. The number of anilines is 1. The highest BCUT2D eigenvalue weighted by molar-refractivity contribution is 5.68. The minimum atomic E-state index is -0.497. The standard InChI is InChI=1S/C17H21NO/c1-12(2)10-17(19)15-11-14(8-9-16(15)18)13-6-4-3-5-7-13/h3-9,11-12,17,19H,10,18H2,1-2H3. The summed E-state index contributed by atoms with van der Waals surface area (Å²) in [6, 6.07) is 16.0. The predicted octanol–water partition coefficient (Wildman–Crippen LogP) is 4.02. The van der Waals surface area contributed by atoms with Gasteiger partial charge >= 0.3 is 0 Å². The first-order valence-electron chi connectivity index (χ1n) is 6.71. The molecule has 0 bridgehead atoms. The molecule has 0 aromatic heterocycles. The number of aliphatic hydroxyl groups excluding tert-OH is 1. The third kappa shape index (κ3) is 3.36. The van der Waals surface area contributed by atoms with Crippen LogP contribution in [0.5, 0.6) is 0 Å². The average molecular weight is 255 g/mol. The molecule has 0 heterocycles. The molecule has 0 aliphatic rings. The number of nitrogens with two attached hydrogens (primary N) is 1. The molecule has 0 amide bonds. The first-order valence-corrected chi connectivity index (χ1v) is 6.71. The highest BCUT2D eigenvalue weighted by Crippen LogP contribution is 2.30. The smallest absolute Gasteiger partial charge is 0.0812 e. The van der Waals surface area contributed by atoms with E-state index in [0.29, 0.717) is 11.6 Å². The molecule has 19 heavy (non-hydrogen) atoms. The van der Waals surface area contributed by atoms with Crippen LogP contribution in [0.3, 0.4) is 0 Å². The summed E-state index contributed by atoms with van der Waals surface area (Å²) in [5, 5.41) is 10.3. The summed E-state index contributed by atoms with van der Waals surface area (Å²) in [5.41, 5.74) is 9.70. The van der Waals surface area contributed by atoms with Crippen molar-refractivity contribution < 1.29 is 5.11 Å². The van der Waals surface area contributed by atoms with Crippen molar-refractivity contribution in [1.29, 1.82) is 0 Å². The van der Waals surface area contributed by atoms with E-state index in [2.05, 4.69) is 26.0 Å². The molecule has 1 atom stereocenters. The molecule has 1 unspecified atom stereocenters. The van der Waals surface area contributed by atoms with Crippen molar-refractivity contribution in [3.05, 3.63) is 54.1 Å². The van der Waals surface area contributed by atoms with Crippen molar-refractivity contribution in [1.82, 2.24) is 0 Å². The lowest BCUT2D eigenvalue weighted by atomic mass is 9.95. The van der Waals surface area contributed by atoms with E-state index in [1.54, 1.807) is 0 Å². The molecule has 2 aromatic carbocycles. The molecule has 2 rings (SSSR count). The highest BCUT2D eigenvalue weighted by Gasteiger charge is 2.13. The molecular weight excluding hydrogens is 234 g/mol. The molecule has 0 aliphatic carbocycles. The largest absolute Gasteiger partial charge is 0.398 e. The molecule has 0 aliphatic heterocycles. The Morgan fingerprint density at radius 3 is 2.32 bits per heavy atom. The van der Waals surface area contributed by atoms with Crippen LogP contribution < -0.4 is 5.73 Å². The summed E-state index contributed by atoms with van der Waals surface area (Å²) < 4.78 is 0. The molecule has 2 aromatic rings. The number of benzene rings is 2. The van der Waals surface area contributed by atoms with Crippen molar-refractivity contribution in [2.24, 2.45) is 5.92 Å². The minimum absolute atomic E-state index is 0.440. The van der Waals surface area contributed by atoms with Crippen molar-refractivity contribution in [2.75, 3.05) is 5.73 Å². The fourth-order valence-electron chi connectivity index (χ4n) is 2.25. The molecule has 0 saturated carbocycles. The van der Waals surface area contributed by atoms with Crippen LogP contribution in [-0.4, -0.2) is 5.11 Å². The van der Waals surface area contributed by atoms with Crippen LogP contribution in [0.4, 0.5) is 5.69 Å². The van der Waals surface area contributed by atoms with E-state index in [1.165, 1.54) is 0 Å². The summed E-state index contributed by atoms with van der Waals surface area (Å²) in [5.74, 6) is 0.440. The van der Waals surface area contributed by atoms with E-state index in [1.807, 2.05) is 36.4 Å². The van der Waals surface area contributed by atoms with Gasteiger partial charge in [-0.2, -0.15) is 0 Å². The topological polar surface area (TPSA) is 46.2 Å². The van der Waals surface area contributed by atoms with Gasteiger partial charge in [0.25, 0.3) is 0 Å². The monoisotopic (exact) mass is 255 g/mol. The van der Waals surface area contributed by atoms with Gasteiger partial charge < -0.3 is 10.8 Å². The fraction of sp³-hybridized carbons (Fsp3) is 0.294. The summed E-state index contributed by atoms with van der Waals surface area (Å²) in [7, 11) is 0. The van der Waals surface area contributed by atoms with Crippen LogP contribution >= 0.6 is 0 Å². The van der Waals surface area contributed by atoms with Gasteiger partial charge in [0, 0.05) is 11.3 Å². The third-order valence-electron chi connectivity index (χ3n) is 3.25. The minimum Gasteiger partial charge on any atom is -0.398 e. The molecule has 2 heteroatoms. The van der Waals surface area contributed by atoms with Crippen LogP contribution in [0.25, 0.3) is 11.1 Å². The summed E-state index contributed by atoms with van der Waals surface area (Å²) in [6.07, 6.45) is 0.228. The Morgan fingerprint density at radius 2 is 1.68 bits per heavy atom. The Bertz CT molecular complexity index is 534. The van der Waals surface area contributed by atoms with E-state index >= 15 is 0 Å². The van der Waals surface area contributed by atoms with Crippen LogP contribution in [0.1, 0.15) is 31.9 Å². The quantitative estimate of drug-likeness (QED) is 0.811. The lowest BCUT2D eigenvalue weighted by Gasteiger charge is -2.16.